The first-order valence-electron chi connectivity index (χ1n) is 12.2. The molecule has 1 aliphatic carbocycles. The zero-order valence-electron chi connectivity index (χ0n) is 22.2. The molecule has 4 aromatic carbocycles. The second-order valence-electron chi connectivity index (χ2n) is 9.91. The van der Waals surface area contributed by atoms with Crippen LogP contribution >= 0.6 is 0 Å². The Bertz CT molecular complexity index is 1250. The van der Waals surface area contributed by atoms with Gasteiger partial charge in [0.25, 0.3) is 0 Å². The summed E-state index contributed by atoms with van der Waals surface area (Å²) in [5, 5.41) is 5.39. The van der Waals surface area contributed by atoms with Crippen molar-refractivity contribution in [2.24, 2.45) is 11.3 Å². The summed E-state index contributed by atoms with van der Waals surface area (Å²) in [5.41, 5.74) is 4.50. The van der Waals surface area contributed by atoms with E-state index in [1.807, 2.05) is 0 Å². The molecule has 0 saturated carbocycles. The molecule has 3 heteroatoms. The van der Waals surface area contributed by atoms with Gasteiger partial charge in [-0.3, -0.25) is 6.08 Å². The molecular formula is C33H36Cl2Zr-2. The van der Waals surface area contributed by atoms with Crippen molar-refractivity contribution in [1.82, 2.24) is 0 Å². The van der Waals surface area contributed by atoms with Gasteiger partial charge in [0.1, 0.15) is 0 Å². The smallest absolute Gasteiger partial charge is 0.0771 e. The summed E-state index contributed by atoms with van der Waals surface area (Å²) in [7, 11) is 0. The summed E-state index contributed by atoms with van der Waals surface area (Å²) in [6.45, 7) is 13.3. The molecule has 5 rings (SSSR count). The number of allylic oxidation sites excluding steroid dienone is 4. The van der Waals surface area contributed by atoms with E-state index in [1.165, 1.54) is 68.9 Å². The van der Waals surface area contributed by atoms with Crippen LogP contribution in [0.2, 0.25) is 0 Å². The van der Waals surface area contributed by atoms with Crippen molar-refractivity contribution in [2.45, 2.75) is 48.0 Å². The molecule has 4 aromatic rings. The van der Waals surface area contributed by atoms with Gasteiger partial charge in [0.05, 0.1) is 0 Å². The topological polar surface area (TPSA) is 0 Å². The van der Waals surface area contributed by atoms with Crippen molar-refractivity contribution in [1.29, 1.82) is 0 Å². The van der Waals surface area contributed by atoms with Gasteiger partial charge in [-0.1, -0.05) is 82.3 Å². The van der Waals surface area contributed by atoms with Crippen LogP contribution in [0.1, 0.15) is 53.5 Å². The molecule has 1 atom stereocenters. The molecule has 0 N–H and O–H groups in total. The first-order chi connectivity index (χ1) is 16.2. The van der Waals surface area contributed by atoms with Crippen LogP contribution in [0.5, 0.6) is 0 Å². The first-order valence-corrected chi connectivity index (χ1v) is 13.4. The minimum Gasteiger partial charge on any atom is -1.00 e. The Morgan fingerprint density at radius 2 is 1.31 bits per heavy atom. The molecule has 1 unspecified atom stereocenters. The summed E-state index contributed by atoms with van der Waals surface area (Å²) in [6.07, 6.45) is 6.90. The van der Waals surface area contributed by atoms with Crippen molar-refractivity contribution in [2.75, 3.05) is 0 Å². The molecular weight excluding hydrogens is 558 g/mol. The molecule has 0 radical (unpaired) electrons. The fraction of sp³-hybridized carbons (Fsp3) is 0.273. The van der Waals surface area contributed by atoms with Crippen LogP contribution in [-0.4, -0.2) is 3.21 Å². The van der Waals surface area contributed by atoms with Crippen LogP contribution in [0.3, 0.4) is 0 Å². The van der Waals surface area contributed by atoms with Gasteiger partial charge >= 0.3 is 76.7 Å². The second kappa shape index (κ2) is 14.9. The number of benzene rings is 3. The Hall–Kier alpha value is -1.66. The van der Waals surface area contributed by atoms with E-state index in [4.69, 9.17) is 0 Å². The molecule has 0 amide bonds. The number of rotatable bonds is 2. The van der Waals surface area contributed by atoms with Crippen LogP contribution in [-0.2, 0) is 24.2 Å². The SMILES string of the molecule is CC1=[C-]C(C)C=C1C(C)(C)C.CC[C](=[Zr+2])c1ccccc1.[Cl-].[Cl-].c1ccc2c(c1)[cH-]c1ccccc12. The largest absolute Gasteiger partial charge is 1.00 e. The van der Waals surface area contributed by atoms with Gasteiger partial charge < -0.3 is 24.8 Å². The Morgan fingerprint density at radius 3 is 1.69 bits per heavy atom. The van der Waals surface area contributed by atoms with Crippen molar-refractivity contribution < 1.29 is 49.0 Å². The third kappa shape index (κ3) is 8.73. The predicted octanol–water partition coefficient (Wildman–Crippen LogP) is 3.24. The normalized spacial score (nSPS) is 14.3. The van der Waals surface area contributed by atoms with E-state index in [1.54, 1.807) is 3.21 Å². The summed E-state index contributed by atoms with van der Waals surface area (Å²) in [4.78, 5) is 0. The van der Waals surface area contributed by atoms with Gasteiger partial charge in [-0.2, -0.15) is 11.6 Å². The number of fused-ring (bicyclic) bond motifs is 3. The monoisotopic (exact) mass is 592 g/mol. The van der Waals surface area contributed by atoms with Gasteiger partial charge in [0.2, 0.25) is 0 Å². The summed E-state index contributed by atoms with van der Waals surface area (Å²) >= 11 is 1.54. The van der Waals surface area contributed by atoms with E-state index in [-0.39, 0.29) is 24.8 Å². The van der Waals surface area contributed by atoms with Crippen LogP contribution in [0, 0.1) is 17.4 Å². The fourth-order valence-corrected chi connectivity index (χ4v) is 4.81. The van der Waals surface area contributed by atoms with E-state index in [0.29, 0.717) is 11.3 Å². The van der Waals surface area contributed by atoms with E-state index in [2.05, 4.69) is 139 Å². The van der Waals surface area contributed by atoms with Gasteiger partial charge in [-0.25, -0.2) is 5.57 Å². The molecule has 0 saturated heterocycles. The number of halogens is 2. The van der Waals surface area contributed by atoms with Crippen LogP contribution in [0.25, 0.3) is 21.5 Å². The van der Waals surface area contributed by atoms with E-state index in [9.17, 15) is 0 Å². The molecule has 0 aliphatic heterocycles. The third-order valence-electron chi connectivity index (χ3n) is 6.07. The number of hydrogen-bond acceptors (Lipinski definition) is 0. The van der Waals surface area contributed by atoms with Crippen LogP contribution in [0.4, 0.5) is 0 Å². The maximum atomic E-state index is 3.40. The Labute approximate surface area is 245 Å². The van der Waals surface area contributed by atoms with Crippen molar-refractivity contribution >= 4 is 24.8 Å². The van der Waals surface area contributed by atoms with Crippen molar-refractivity contribution in [3.63, 3.8) is 0 Å². The second-order valence-corrected chi connectivity index (χ2v) is 11.4. The van der Waals surface area contributed by atoms with E-state index < -0.39 is 0 Å². The van der Waals surface area contributed by atoms with Crippen LogP contribution in [0.15, 0.2) is 102 Å². The Balaban J connectivity index is 0.000000266. The van der Waals surface area contributed by atoms with E-state index in [0.717, 1.165) is 0 Å². The quantitative estimate of drug-likeness (QED) is 0.313. The first kappa shape index (κ1) is 32.4. The Kier molecular flexibility index (Phi) is 13.4. The summed E-state index contributed by atoms with van der Waals surface area (Å²) < 4.78 is 1.55. The minimum atomic E-state index is 0. The van der Waals surface area contributed by atoms with Crippen LogP contribution < -0.4 is 24.8 Å². The molecule has 0 fully saturated rings. The molecule has 1 aliphatic rings. The molecule has 0 nitrogen and oxygen atoms in total. The zero-order chi connectivity index (χ0) is 24.7. The molecule has 36 heavy (non-hydrogen) atoms. The molecule has 0 aromatic heterocycles. The van der Waals surface area contributed by atoms with Crippen molar-refractivity contribution in [3.05, 3.63) is 114 Å². The maximum absolute atomic E-state index is 3.40. The summed E-state index contributed by atoms with van der Waals surface area (Å²) in [6, 6.07) is 29.9. The van der Waals surface area contributed by atoms with E-state index >= 15 is 0 Å². The summed E-state index contributed by atoms with van der Waals surface area (Å²) in [5.74, 6) is 0.518. The van der Waals surface area contributed by atoms with Gasteiger partial charge in [0.15, 0.2) is 0 Å². The molecule has 0 spiro atoms. The average molecular weight is 595 g/mol. The zero-order valence-corrected chi connectivity index (χ0v) is 26.2. The minimum absolute atomic E-state index is 0. The number of hydrogen-bond donors (Lipinski definition) is 0. The van der Waals surface area contributed by atoms with Gasteiger partial charge in [-0.05, 0) is 0 Å². The molecule has 0 bridgehead atoms. The molecule has 0 heterocycles. The average Bonchev–Trinajstić information content (AvgIpc) is 3.39. The fourth-order valence-electron chi connectivity index (χ4n) is 4.40. The van der Waals surface area contributed by atoms with Gasteiger partial charge in [-0.15, -0.1) is 39.7 Å². The predicted molar refractivity (Wildman–Crippen MR) is 147 cm³/mol. The van der Waals surface area contributed by atoms with Crippen molar-refractivity contribution in [3.8, 4) is 0 Å². The molecule has 188 valence electrons. The van der Waals surface area contributed by atoms with Gasteiger partial charge in [0, 0.05) is 0 Å². The third-order valence-corrected chi connectivity index (χ3v) is 7.65. The Morgan fingerprint density at radius 1 is 0.833 bits per heavy atom. The standard InChI is InChI=1S/C13H9.C11H17.C9H10.2ClH.Zr/c1-3-7-12-10(5-1)9-11-6-2-4-8-13(11)12;1-8-6-9(2)10(7-8)11(3,4)5;1-2-6-9-7-4-3-5-8-9;;;/h1-9H;7-8H,1-5H3;3-5,7-8H,2H2,1H3;2*1H;/q2*-1;;;;+2/p-2. The maximum Gasteiger partial charge on any atom is -0.0771 e.